The summed E-state index contributed by atoms with van der Waals surface area (Å²) in [6, 6.07) is 9.70. The zero-order chi connectivity index (χ0) is 19.8. The lowest BCUT2D eigenvalue weighted by Gasteiger charge is -2.10. The van der Waals surface area contributed by atoms with Crippen LogP contribution in [0.5, 0.6) is 5.75 Å². The number of hydrogen-bond acceptors (Lipinski definition) is 2. The van der Waals surface area contributed by atoms with Gasteiger partial charge in [-0.2, -0.15) is 13.2 Å². The van der Waals surface area contributed by atoms with E-state index >= 15 is 0 Å². The Bertz CT molecular complexity index is 954. The fraction of sp³-hybridized carbons (Fsp3) is 0.364. The molecule has 0 fully saturated rings. The van der Waals surface area contributed by atoms with Gasteiger partial charge in [0.1, 0.15) is 5.75 Å². The molecule has 144 valence electrons. The Morgan fingerprint density at radius 1 is 1.04 bits per heavy atom. The first kappa shape index (κ1) is 19.7. The first-order valence-electron chi connectivity index (χ1n) is 9.08. The summed E-state index contributed by atoms with van der Waals surface area (Å²) < 4.78 is 39.8. The molecule has 1 aromatic heterocycles. The maximum Gasteiger partial charge on any atom is 0.416 e. The fourth-order valence-corrected chi connectivity index (χ4v) is 4.93. The minimum atomic E-state index is -4.31. The van der Waals surface area contributed by atoms with E-state index in [2.05, 4.69) is 13.8 Å². The number of halogens is 3. The third-order valence-corrected chi connectivity index (χ3v) is 6.07. The summed E-state index contributed by atoms with van der Waals surface area (Å²) in [5.74, 6) is 0.562. The van der Waals surface area contributed by atoms with Crippen LogP contribution >= 0.6 is 11.3 Å². The van der Waals surface area contributed by atoms with Gasteiger partial charge >= 0.3 is 6.18 Å². The molecule has 0 spiro atoms. The molecule has 0 saturated heterocycles. The molecule has 3 rings (SSSR count). The van der Waals surface area contributed by atoms with Crippen molar-refractivity contribution in [2.75, 3.05) is 0 Å². The Balaban J connectivity index is 1.84. The van der Waals surface area contributed by atoms with Crippen LogP contribution in [-0.4, -0.2) is 5.11 Å². The third kappa shape index (κ3) is 4.29. The molecule has 0 aliphatic rings. The quantitative estimate of drug-likeness (QED) is 0.485. The highest BCUT2D eigenvalue weighted by molar-refractivity contribution is 7.19. The standard InChI is InChI=1S/C22H23F3OS/c1-13(2)21-17-9-8-16(22(23,24)25)12-20(17)27-19(21)6-4-5-15-7-10-18(26)14(3)11-15/h7-13,26H,4-6H2,1-3H3. The van der Waals surface area contributed by atoms with Crippen molar-refractivity contribution in [1.29, 1.82) is 0 Å². The minimum absolute atomic E-state index is 0.265. The van der Waals surface area contributed by atoms with Gasteiger partial charge in [0.15, 0.2) is 0 Å². The van der Waals surface area contributed by atoms with Gasteiger partial charge in [-0.3, -0.25) is 0 Å². The molecule has 0 bridgehead atoms. The first-order chi connectivity index (χ1) is 12.7. The summed E-state index contributed by atoms with van der Waals surface area (Å²) in [6.07, 6.45) is -1.68. The maximum atomic E-state index is 13.0. The van der Waals surface area contributed by atoms with Crippen LogP contribution in [0, 0.1) is 6.92 Å². The minimum Gasteiger partial charge on any atom is -0.508 e. The average Bonchev–Trinajstić information content (AvgIpc) is 2.94. The van der Waals surface area contributed by atoms with Crippen molar-refractivity contribution in [2.24, 2.45) is 0 Å². The van der Waals surface area contributed by atoms with E-state index in [-0.39, 0.29) is 5.92 Å². The van der Waals surface area contributed by atoms with Crippen LogP contribution in [0.1, 0.15) is 53.3 Å². The molecule has 3 aromatic rings. The lowest BCUT2D eigenvalue weighted by Crippen LogP contribution is -2.03. The Hall–Kier alpha value is -2.01. The van der Waals surface area contributed by atoms with Gasteiger partial charge in [-0.15, -0.1) is 11.3 Å². The van der Waals surface area contributed by atoms with Crippen LogP contribution in [-0.2, 0) is 19.0 Å². The molecule has 27 heavy (non-hydrogen) atoms. The first-order valence-corrected chi connectivity index (χ1v) is 9.89. The number of hydrogen-bond donors (Lipinski definition) is 1. The van der Waals surface area contributed by atoms with Crippen molar-refractivity contribution in [1.82, 2.24) is 0 Å². The van der Waals surface area contributed by atoms with Crippen molar-refractivity contribution in [3.05, 3.63) is 63.5 Å². The van der Waals surface area contributed by atoms with Crippen molar-refractivity contribution in [2.45, 2.75) is 52.1 Å². The van der Waals surface area contributed by atoms with Crippen LogP contribution in [0.25, 0.3) is 10.1 Å². The highest BCUT2D eigenvalue weighted by Gasteiger charge is 2.31. The largest absolute Gasteiger partial charge is 0.508 e. The molecule has 0 saturated carbocycles. The number of aryl methyl sites for hydroxylation is 3. The SMILES string of the molecule is Cc1cc(CCCc2sc3cc(C(F)(F)F)ccc3c2C(C)C)ccc1O. The number of rotatable bonds is 5. The lowest BCUT2D eigenvalue weighted by molar-refractivity contribution is -0.137. The molecule has 1 nitrogen and oxygen atoms in total. The van der Waals surface area contributed by atoms with E-state index in [9.17, 15) is 18.3 Å². The van der Waals surface area contributed by atoms with Gasteiger partial charge in [-0.25, -0.2) is 0 Å². The number of phenolic OH excluding ortho intramolecular Hbond substituents is 1. The molecule has 0 aliphatic carbocycles. The summed E-state index contributed by atoms with van der Waals surface area (Å²) >= 11 is 1.48. The average molecular weight is 392 g/mol. The number of aromatic hydroxyl groups is 1. The van der Waals surface area contributed by atoms with Crippen molar-refractivity contribution in [3.63, 3.8) is 0 Å². The molecular formula is C22H23F3OS. The Morgan fingerprint density at radius 3 is 2.41 bits per heavy atom. The van der Waals surface area contributed by atoms with Gasteiger partial charge in [0.05, 0.1) is 5.56 Å². The zero-order valence-corrected chi connectivity index (χ0v) is 16.5. The fourth-order valence-electron chi connectivity index (χ4n) is 3.49. The van der Waals surface area contributed by atoms with E-state index < -0.39 is 11.7 Å². The number of thiophene rings is 1. The van der Waals surface area contributed by atoms with Crippen LogP contribution in [0.15, 0.2) is 36.4 Å². The van der Waals surface area contributed by atoms with E-state index in [4.69, 9.17) is 0 Å². The second-order valence-corrected chi connectivity index (χ2v) is 8.41. The topological polar surface area (TPSA) is 20.2 Å². The van der Waals surface area contributed by atoms with E-state index in [1.165, 1.54) is 33.9 Å². The molecule has 5 heteroatoms. The second-order valence-electron chi connectivity index (χ2n) is 7.28. The highest BCUT2D eigenvalue weighted by atomic mass is 32.1. The van der Waals surface area contributed by atoms with Crippen molar-refractivity contribution in [3.8, 4) is 5.75 Å². The van der Waals surface area contributed by atoms with Gasteiger partial charge in [-0.05, 0) is 72.4 Å². The summed E-state index contributed by atoms with van der Waals surface area (Å²) in [5, 5.41) is 10.6. The summed E-state index contributed by atoms with van der Waals surface area (Å²) in [4.78, 5) is 1.18. The van der Waals surface area contributed by atoms with E-state index in [1.54, 1.807) is 12.1 Å². The molecule has 1 heterocycles. The third-order valence-electron chi connectivity index (χ3n) is 4.84. The number of fused-ring (bicyclic) bond motifs is 1. The van der Waals surface area contributed by atoms with Crippen molar-refractivity contribution >= 4 is 21.4 Å². The number of benzene rings is 2. The van der Waals surface area contributed by atoms with Crippen LogP contribution in [0.3, 0.4) is 0 Å². The van der Waals surface area contributed by atoms with Gasteiger partial charge in [0.2, 0.25) is 0 Å². The Kier molecular flexibility index (Phi) is 5.52. The summed E-state index contributed by atoms with van der Waals surface area (Å²) in [7, 11) is 0. The molecular weight excluding hydrogens is 369 g/mol. The van der Waals surface area contributed by atoms with E-state index in [0.717, 1.165) is 35.8 Å². The molecule has 0 atom stereocenters. The number of phenols is 1. The molecule has 0 radical (unpaired) electrons. The summed E-state index contributed by atoms with van der Waals surface area (Å²) in [5.41, 5.74) is 2.61. The molecule has 0 unspecified atom stereocenters. The van der Waals surface area contributed by atoms with Gasteiger partial charge < -0.3 is 5.11 Å². The highest BCUT2D eigenvalue weighted by Crippen LogP contribution is 2.40. The molecule has 2 aromatic carbocycles. The Labute approximate surface area is 161 Å². The van der Waals surface area contributed by atoms with Gasteiger partial charge in [0, 0.05) is 9.58 Å². The predicted molar refractivity (Wildman–Crippen MR) is 106 cm³/mol. The monoisotopic (exact) mass is 392 g/mol. The molecule has 1 N–H and O–H groups in total. The maximum absolute atomic E-state index is 13.0. The van der Waals surface area contributed by atoms with Gasteiger partial charge in [-0.1, -0.05) is 32.0 Å². The lowest BCUT2D eigenvalue weighted by atomic mass is 9.96. The van der Waals surface area contributed by atoms with Crippen LogP contribution in [0.2, 0.25) is 0 Å². The Morgan fingerprint density at radius 2 is 1.78 bits per heavy atom. The zero-order valence-electron chi connectivity index (χ0n) is 15.7. The van der Waals surface area contributed by atoms with Crippen molar-refractivity contribution < 1.29 is 18.3 Å². The second kappa shape index (κ2) is 7.55. The van der Waals surface area contributed by atoms with Crippen LogP contribution < -0.4 is 0 Å². The normalized spacial score (nSPS) is 12.3. The van der Waals surface area contributed by atoms with E-state index in [0.29, 0.717) is 10.4 Å². The van der Waals surface area contributed by atoms with E-state index in [1.807, 2.05) is 19.1 Å². The predicted octanol–water partition coefficient (Wildman–Crippen LogP) is 7.23. The molecule has 0 amide bonds. The smallest absolute Gasteiger partial charge is 0.416 e. The summed E-state index contributed by atoms with van der Waals surface area (Å²) in [6.45, 7) is 6.05. The molecule has 0 aliphatic heterocycles. The number of alkyl halides is 3. The van der Waals surface area contributed by atoms with Crippen LogP contribution in [0.4, 0.5) is 13.2 Å². The van der Waals surface area contributed by atoms with Gasteiger partial charge in [0.25, 0.3) is 0 Å².